The number of ether oxygens (including phenoxy) is 1. The van der Waals surface area contributed by atoms with E-state index >= 15 is 0 Å². The first kappa shape index (κ1) is 16.4. The molecule has 2 aromatic rings. The van der Waals surface area contributed by atoms with Crippen LogP contribution in [0.1, 0.15) is 15.9 Å². The third-order valence-electron chi connectivity index (χ3n) is 2.81. The molecule has 0 bridgehead atoms. The van der Waals surface area contributed by atoms with Gasteiger partial charge in [0.2, 0.25) is 0 Å². The Morgan fingerprint density at radius 1 is 1.27 bits per heavy atom. The Kier molecular flexibility index (Phi) is 5.83. The van der Waals surface area contributed by atoms with Crippen molar-refractivity contribution >= 4 is 21.8 Å². The number of nitrogens with one attached hydrogen (secondary N) is 1. The zero-order valence-corrected chi connectivity index (χ0v) is 13.0. The minimum atomic E-state index is -2.83. The molecule has 1 heterocycles. The van der Waals surface area contributed by atoms with Crippen LogP contribution < -0.4 is 10.1 Å². The smallest absolute Gasteiger partial charge is 0.387 e. The normalized spacial score (nSPS) is 10.5. The minimum absolute atomic E-state index is 0.114. The second-order valence-electron chi connectivity index (χ2n) is 4.42. The molecule has 0 aliphatic rings. The van der Waals surface area contributed by atoms with E-state index in [-0.39, 0.29) is 11.7 Å². The van der Waals surface area contributed by atoms with Gasteiger partial charge in [0.05, 0.1) is 5.56 Å². The molecule has 0 spiro atoms. The number of halogens is 3. The first-order valence-electron chi connectivity index (χ1n) is 6.47. The van der Waals surface area contributed by atoms with Crippen molar-refractivity contribution in [1.82, 2.24) is 10.3 Å². The number of benzene rings is 1. The Labute approximate surface area is 134 Å². The monoisotopic (exact) mass is 370 g/mol. The maximum atomic E-state index is 12.0. The number of hydrogen-bond acceptors (Lipinski definition) is 3. The van der Waals surface area contributed by atoms with Crippen LogP contribution in [0.3, 0.4) is 0 Å². The van der Waals surface area contributed by atoms with Gasteiger partial charge >= 0.3 is 6.61 Å². The maximum absolute atomic E-state index is 12.0. The summed E-state index contributed by atoms with van der Waals surface area (Å²) >= 11 is 3.25. The highest BCUT2D eigenvalue weighted by Gasteiger charge is 2.06. The van der Waals surface area contributed by atoms with E-state index in [1.807, 2.05) is 0 Å². The number of hydrogen-bond donors (Lipinski definition) is 1. The molecule has 0 aliphatic heterocycles. The Bertz CT molecular complexity index is 636. The van der Waals surface area contributed by atoms with Gasteiger partial charge in [0, 0.05) is 23.4 Å². The van der Waals surface area contributed by atoms with Gasteiger partial charge in [-0.05, 0) is 46.1 Å². The van der Waals surface area contributed by atoms with Crippen LogP contribution in [0.2, 0.25) is 0 Å². The summed E-state index contributed by atoms with van der Waals surface area (Å²) in [6.45, 7) is -2.40. The molecule has 7 heteroatoms. The number of pyridine rings is 1. The van der Waals surface area contributed by atoms with E-state index in [1.54, 1.807) is 24.4 Å². The van der Waals surface area contributed by atoms with Crippen molar-refractivity contribution in [3.63, 3.8) is 0 Å². The summed E-state index contributed by atoms with van der Waals surface area (Å²) in [5.41, 5.74) is 1.38. The molecule has 0 saturated carbocycles. The molecule has 0 aliphatic carbocycles. The van der Waals surface area contributed by atoms with Crippen LogP contribution >= 0.6 is 15.9 Å². The van der Waals surface area contributed by atoms with Gasteiger partial charge in [-0.15, -0.1) is 0 Å². The number of alkyl halides is 2. The quantitative estimate of drug-likeness (QED) is 0.847. The molecule has 0 unspecified atom stereocenters. The molecule has 0 radical (unpaired) electrons. The fraction of sp³-hybridized carbons (Fsp3) is 0.200. The predicted octanol–water partition coefficient (Wildman–Crippen LogP) is 3.42. The highest BCUT2D eigenvalue weighted by atomic mass is 79.9. The number of nitrogens with zero attached hydrogens (tertiary/aromatic N) is 1. The van der Waals surface area contributed by atoms with Crippen molar-refractivity contribution in [3.8, 4) is 5.75 Å². The summed E-state index contributed by atoms with van der Waals surface area (Å²) in [7, 11) is 0. The van der Waals surface area contributed by atoms with Crippen molar-refractivity contribution in [2.24, 2.45) is 0 Å². The van der Waals surface area contributed by atoms with E-state index in [2.05, 4.69) is 31.0 Å². The molecular formula is C15H13BrF2N2O2. The lowest BCUT2D eigenvalue weighted by Crippen LogP contribution is -2.25. The summed E-state index contributed by atoms with van der Waals surface area (Å²) in [5.74, 6) is -0.102. The Morgan fingerprint density at radius 3 is 2.64 bits per heavy atom. The van der Waals surface area contributed by atoms with Crippen LogP contribution in [-0.2, 0) is 6.42 Å². The Hall–Kier alpha value is -2.02. The van der Waals surface area contributed by atoms with Gasteiger partial charge < -0.3 is 10.1 Å². The highest BCUT2D eigenvalue weighted by molar-refractivity contribution is 9.10. The lowest BCUT2D eigenvalue weighted by atomic mass is 10.1. The standard InChI is InChI=1S/C15H13BrF2N2O2/c16-12-7-11(8-19-9-12)14(21)20-6-5-10-1-3-13(4-2-10)22-15(17)18/h1-4,7-9,15H,5-6H2,(H,20,21). The van der Waals surface area contributed by atoms with Gasteiger partial charge in [-0.3, -0.25) is 9.78 Å². The number of carbonyl (C=O) groups excluding carboxylic acids is 1. The zero-order valence-electron chi connectivity index (χ0n) is 11.4. The summed E-state index contributed by atoms with van der Waals surface area (Å²) < 4.78 is 29.0. The topological polar surface area (TPSA) is 51.2 Å². The summed E-state index contributed by atoms with van der Waals surface area (Å²) in [6, 6.07) is 8.00. The SMILES string of the molecule is O=C(NCCc1ccc(OC(F)F)cc1)c1cncc(Br)c1. The van der Waals surface area contributed by atoms with E-state index < -0.39 is 6.61 Å². The lowest BCUT2D eigenvalue weighted by Gasteiger charge is -2.07. The van der Waals surface area contributed by atoms with Crippen molar-refractivity contribution in [2.45, 2.75) is 13.0 Å². The molecule has 4 nitrogen and oxygen atoms in total. The molecule has 2 rings (SSSR count). The van der Waals surface area contributed by atoms with Crippen LogP contribution in [-0.4, -0.2) is 24.0 Å². The molecule has 22 heavy (non-hydrogen) atoms. The molecule has 1 N–H and O–H groups in total. The van der Waals surface area contributed by atoms with Crippen LogP contribution in [0.4, 0.5) is 8.78 Å². The summed E-state index contributed by atoms with van der Waals surface area (Å²) in [6.07, 6.45) is 3.67. The van der Waals surface area contributed by atoms with E-state index in [0.717, 1.165) is 10.0 Å². The molecule has 1 amide bonds. The highest BCUT2D eigenvalue weighted by Crippen LogP contribution is 2.15. The molecule has 0 saturated heterocycles. The number of amides is 1. The van der Waals surface area contributed by atoms with Crippen molar-refractivity contribution in [3.05, 3.63) is 58.3 Å². The molecule has 0 atom stereocenters. The number of carbonyl (C=O) groups is 1. The third kappa shape index (κ3) is 5.07. The van der Waals surface area contributed by atoms with Crippen molar-refractivity contribution in [1.29, 1.82) is 0 Å². The lowest BCUT2D eigenvalue weighted by molar-refractivity contribution is -0.0498. The molecular weight excluding hydrogens is 358 g/mol. The Morgan fingerprint density at radius 2 is 2.00 bits per heavy atom. The number of aromatic nitrogens is 1. The fourth-order valence-electron chi connectivity index (χ4n) is 1.80. The molecule has 0 fully saturated rings. The average Bonchev–Trinajstić information content (AvgIpc) is 2.48. The van der Waals surface area contributed by atoms with Gasteiger partial charge in [-0.2, -0.15) is 8.78 Å². The Balaban J connectivity index is 1.82. The minimum Gasteiger partial charge on any atom is -0.435 e. The van der Waals surface area contributed by atoms with E-state index in [4.69, 9.17) is 0 Å². The van der Waals surface area contributed by atoms with Crippen LogP contribution in [0.5, 0.6) is 5.75 Å². The van der Waals surface area contributed by atoms with Crippen LogP contribution in [0, 0.1) is 0 Å². The van der Waals surface area contributed by atoms with E-state index in [0.29, 0.717) is 18.5 Å². The second-order valence-corrected chi connectivity index (χ2v) is 5.34. The second kappa shape index (κ2) is 7.84. The van der Waals surface area contributed by atoms with Gasteiger partial charge in [-0.1, -0.05) is 12.1 Å². The molecule has 116 valence electrons. The van der Waals surface area contributed by atoms with Gasteiger partial charge in [0.1, 0.15) is 5.75 Å². The molecule has 1 aromatic heterocycles. The summed E-state index contributed by atoms with van der Waals surface area (Å²) in [4.78, 5) is 15.8. The van der Waals surface area contributed by atoms with E-state index in [1.165, 1.54) is 18.3 Å². The first-order valence-corrected chi connectivity index (χ1v) is 7.26. The maximum Gasteiger partial charge on any atom is 0.387 e. The third-order valence-corrected chi connectivity index (χ3v) is 3.25. The zero-order chi connectivity index (χ0) is 15.9. The van der Waals surface area contributed by atoms with Crippen LogP contribution in [0.15, 0.2) is 47.2 Å². The van der Waals surface area contributed by atoms with Gasteiger partial charge in [0.25, 0.3) is 5.91 Å². The van der Waals surface area contributed by atoms with Gasteiger partial charge in [0.15, 0.2) is 0 Å². The largest absolute Gasteiger partial charge is 0.435 e. The first-order chi connectivity index (χ1) is 10.5. The average molecular weight is 371 g/mol. The van der Waals surface area contributed by atoms with Gasteiger partial charge in [-0.25, -0.2) is 0 Å². The summed E-state index contributed by atoms with van der Waals surface area (Å²) in [5, 5.41) is 2.77. The number of rotatable bonds is 6. The predicted molar refractivity (Wildman–Crippen MR) is 81.0 cm³/mol. The van der Waals surface area contributed by atoms with Crippen molar-refractivity contribution < 1.29 is 18.3 Å². The fourth-order valence-corrected chi connectivity index (χ4v) is 2.16. The molecule has 1 aromatic carbocycles. The van der Waals surface area contributed by atoms with Crippen molar-refractivity contribution in [2.75, 3.05) is 6.54 Å². The van der Waals surface area contributed by atoms with Crippen LogP contribution in [0.25, 0.3) is 0 Å². The van der Waals surface area contributed by atoms with E-state index in [9.17, 15) is 13.6 Å².